The van der Waals surface area contributed by atoms with E-state index in [0.29, 0.717) is 11.4 Å². The van der Waals surface area contributed by atoms with Gasteiger partial charge in [0.05, 0.1) is 0 Å². The van der Waals surface area contributed by atoms with Crippen molar-refractivity contribution in [2.45, 2.75) is 45.6 Å². The van der Waals surface area contributed by atoms with Crippen LogP contribution in [0, 0.1) is 6.92 Å². The van der Waals surface area contributed by atoms with Crippen molar-refractivity contribution in [3.05, 3.63) is 54.1 Å². The maximum absolute atomic E-state index is 12.9. The number of benzene rings is 2. The first kappa shape index (κ1) is 21.9. The lowest BCUT2D eigenvalue weighted by Crippen LogP contribution is -2.39. The van der Waals surface area contributed by atoms with Gasteiger partial charge >= 0.3 is 6.03 Å². The molecular formula is C25H30N4O3. The number of anilines is 3. The van der Waals surface area contributed by atoms with Crippen LogP contribution in [0.4, 0.5) is 21.9 Å². The molecule has 0 saturated carbocycles. The third-order valence-electron chi connectivity index (χ3n) is 6.18. The number of carbonyl (C=O) groups is 3. The molecule has 2 aromatic carbocycles. The van der Waals surface area contributed by atoms with Gasteiger partial charge in [0.25, 0.3) is 5.91 Å². The molecule has 32 heavy (non-hydrogen) atoms. The second-order valence-corrected chi connectivity index (χ2v) is 8.58. The van der Waals surface area contributed by atoms with Crippen molar-refractivity contribution in [2.75, 3.05) is 34.8 Å². The molecule has 4 rings (SSSR count). The number of hydrogen-bond donors (Lipinski definition) is 1. The molecule has 7 nitrogen and oxygen atoms in total. The van der Waals surface area contributed by atoms with E-state index in [1.165, 1.54) is 30.6 Å². The number of nitrogens with one attached hydrogen (secondary N) is 1. The first-order valence-electron chi connectivity index (χ1n) is 11.3. The summed E-state index contributed by atoms with van der Waals surface area (Å²) in [6.45, 7) is 5.44. The Balaban J connectivity index is 1.38. The molecule has 0 bridgehead atoms. The van der Waals surface area contributed by atoms with E-state index in [9.17, 15) is 14.4 Å². The predicted molar refractivity (Wildman–Crippen MR) is 126 cm³/mol. The zero-order valence-corrected chi connectivity index (χ0v) is 18.7. The summed E-state index contributed by atoms with van der Waals surface area (Å²) >= 11 is 0. The zero-order chi connectivity index (χ0) is 22.7. The van der Waals surface area contributed by atoms with E-state index >= 15 is 0 Å². The van der Waals surface area contributed by atoms with E-state index in [0.717, 1.165) is 29.2 Å². The maximum atomic E-state index is 12.9. The molecule has 2 aromatic rings. The van der Waals surface area contributed by atoms with Crippen molar-refractivity contribution in [3.63, 3.8) is 0 Å². The molecule has 7 heteroatoms. The number of nitrogens with zero attached hydrogens (tertiary/aromatic N) is 3. The Morgan fingerprint density at radius 3 is 2.12 bits per heavy atom. The second-order valence-electron chi connectivity index (χ2n) is 8.58. The van der Waals surface area contributed by atoms with Crippen LogP contribution in [0.2, 0.25) is 0 Å². The van der Waals surface area contributed by atoms with E-state index in [4.69, 9.17) is 0 Å². The monoisotopic (exact) mass is 434 g/mol. The molecule has 0 aromatic heterocycles. The van der Waals surface area contributed by atoms with Gasteiger partial charge in [0, 0.05) is 30.2 Å². The molecule has 0 aliphatic carbocycles. The van der Waals surface area contributed by atoms with Crippen LogP contribution in [-0.4, -0.2) is 48.4 Å². The van der Waals surface area contributed by atoms with E-state index < -0.39 is 18.0 Å². The van der Waals surface area contributed by atoms with E-state index in [1.807, 2.05) is 55.5 Å². The highest BCUT2D eigenvalue weighted by Gasteiger charge is 2.44. The summed E-state index contributed by atoms with van der Waals surface area (Å²) in [7, 11) is 0. The molecule has 2 heterocycles. The van der Waals surface area contributed by atoms with Crippen LogP contribution < -0.4 is 15.1 Å². The molecule has 1 N–H and O–H groups in total. The van der Waals surface area contributed by atoms with Crippen LogP contribution in [0.1, 0.15) is 38.2 Å². The fraction of sp³-hybridized carbons (Fsp3) is 0.400. The molecule has 168 valence electrons. The normalized spacial score (nSPS) is 19.3. The largest absolute Gasteiger partial charge is 0.372 e. The smallest absolute Gasteiger partial charge is 0.332 e. The molecule has 2 aliphatic heterocycles. The second kappa shape index (κ2) is 9.42. The summed E-state index contributed by atoms with van der Waals surface area (Å²) < 4.78 is 0. The Kier molecular flexibility index (Phi) is 6.44. The average Bonchev–Trinajstić information content (AvgIpc) is 2.99. The summed E-state index contributed by atoms with van der Waals surface area (Å²) in [5.74, 6) is -0.769. The molecule has 0 spiro atoms. The SMILES string of the molecule is Cc1ccc(N2C(=O)N(CC(=O)Nc3ccc(N4CCCCCC4)cc3)C(=O)C2C)cc1. The Hall–Kier alpha value is -3.35. The molecule has 1 unspecified atom stereocenters. The van der Waals surface area contributed by atoms with Crippen LogP contribution in [0.25, 0.3) is 0 Å². The van der Waals surface area contributed by atoms with Crippen LogP contribution in [-0.2, 0) is 9.59 Å². The minimum absolute atomic E-state index is 0.307. The molecule has 0 radical (unpaired) electrons. The first-order valence-corrected chi connectivity index (χ1v) is 11.3. The molecule has 4 amide bonds. The Labute approximate surface area is 189 Å². The summed E-state index contributed by atoms with van der Waals surface area (Å²) in [6.07, 6.45) is 4.96. The Bertz CT molecular complexity index is 979. The molecular weight excluding hydrogens is 404 g/mol. The topological polar surface area (TPSA) is 73.0 Å². The number of amides is 4. The lowest BCUT2D eigenvalue weighted by Gasteiger charge is -2.23. The minimum atomic E-state index is -0.647. The Morgan fingerprint density at radius 1 is 0.906 bits per heavy atom. The molecule has 2 fully saturated rings. The van der Waals surface area contributed by atoms with Gasteiger partial charge in [0.15, 0.2) is 0 Å². The summed E-state index contributed by atoms with van der Waals surface area (Å²) in [5.41, 5.74) is 3.51. The molecule has 1 atom stereocenters. The highest BCUT2D eigenvalue weighted by atomic mass is 16.2. The minimum Gasteiger partial charge on any atom is -0.372 e. The highest BCUT2D eigenvalue weighted by molar-refractivity contribution is 6.16. The van der Waals surface area contributed by atoms with Crippen molar-refractivity contribution in [1.82, 2.24) is 4.90 Å². The number of carbonyl (C=O) groups excluding carboxylic acids is 3. The van der Waals surface area contributed by atoms with Crippen molar-refractivity contribution in [3.8, 4) is 0 Å². The summed E-state index contributed by atoms with van der Waals surface area (Å²) in [6, 6.07) is 14.0. The van der Waals surface area contributed by atoms with Crippen LogP contribution in [0.3, 0.4) is 0 Å². The number of hydrogen-bond acceptors (Lipinski definition) is 4. The van der Waals surface area contributed by atoms with Gasteiger partial charge in [-0.2, -0.15) is 0 Å². The van der Waals surface area contributed by atoms with E-state index in [-0.39, 0.29) is 12.5 Å². The summed E-state index contributed by atoms with van der Waals surface area (Å²) in [5, 5.41) is 2.81. The van der Waals surface area contributed by atoms with Crippen molar-refractivity contribution in [1.29, 1.82) is 0 Å². The summed E-state index contributed by atoms with van der Waals surface area (Å²) in [4.78, 5) is 43.0. The number of rotatable bonds is 5. The fourth-order valence-electron chi connectivity index (χ4n) is 4.34. The van der Waals surface area contributed by atoms with Gasteiger partial charge in [-0.3, -0.25) is 19.4 Å². The standard InChI is InChI=1S/C25H30N4O3/c1-18-7-11-22(12-8-18)29-19(2)24(31)28(25(29)32)17-23(30)26-20-9-13-21(14-10-20)27-15-5-3-4-6-16-27/h7-14,19H,3-6,15-17H2,1-2H3,(H,26,30). The number of urea groups is 1. The third kappa shape index (κ3) is 4.61. The number of imide groups is 1. The van der Waals surface area contributed by atoms with Gasteiger partial charge in [-0.25, -0.2) is 4.79 Å². The Morgan fingerprint density at radius 2 is 1.50 bits per heavy atom. The fourth-order valence-corrected chi connectivity index (χ4v) is 4.34. The average molecular weight is 435 g/mol. The van der Waals surface area contributed by atoms with Crippen LogP contribution >= 0.6 is 0 Å². The highest BCUT2D eigenvalue weighted by Crippen LogP contribution is 2.26. The maximum Gasteiger partial charge on any atom is 0.332 e. The van der Waals surface area contributed by atoms with Crippen LogP contribution in [0.5, 0.6) is 0 Å². The van der Waals surface area contributed by atoms with Crippen molar-refractivity contribution in [2.24, 2.45) is 0 Å². The van der Waals surface area contributed by atoms with Crippen molar-refractivity contribution >= 4 is 34.9 Å². The van der Waals surface area contributed by atoms with Gasteiger partial charge in [-0.1, -0.05) is 30.5 Å². The van der Waals surface area contributed by atoms with Gasteiger partial charge < -0.3 is 10.2 Å². The first-order chi connectivity index (χ1) is 15.4. The zero-order valence-electron chi connectivity index (χ0n) is 18.7. The predicted octanol–water partition coefficient (Wildman–Crippen LogP) is 4.17. The van der Waals surface area contributed by atoms with Gasteiger partial charge in [0.1, 0.15) is 12.6 Å². The van der Waals surface area contributed by atoms with Gasteiger partial charge in [-0.05, 0) is 63.1 Å². The van der Waals surface area contributed by atoms with Gasteiger partial charge in [-0.15, -0.1) is 0 Å². The lowest BCUT2D eigenvalue weighted by molar-refractivity contribution is -0.130. The van der Waals surface area contributed by atoms with E-state index in [1.54, 1.807) is 6.92 Å². The van der Waals surface area contributed by atoms with Crippen LogP contribution in [0.15, 0.2) is 48.5 Å². The third-order valence-corrected chi connectivity index (χ3v) is 6.18. The van der Waals surface area contributed by atoms with Crippen molar-refractivity contribution < 1.29 is 14.4 Å². The molecule has 2 aliphatic rings. The molecule has 2 saturated heterocycles. The quantitative estimate of drug-likeness (QED) is 0.717. The lowest BCUT2D eigenvalue weighted by atomic mass is 10.2. The number of aryl methyl sites for hydroxylation is 1. The van der Waals surface area contributed by atoms with E-state index in [2.05, 4.69) is 10.2 Å². The van der Waals surface area contributed by atoms with Gasteiger partial charge in [0.2, 0.25) is 5.91 Å².